The molecular formula is C22H17F4N3O2. The summed E-state index contributed by atoms with van der Waals surface area (Å²) < 4.78 is 59.5. The summed E-state index contributed by atoms with van der Waals surface area (Å²) in [4.78, 5) is 12.7. The highest BCUT2D eigenvalue weighted by Crippen LogP contribution is 2.34. The largest absolute Gasteiger partial charge is 0.420 e. The van der Waals surface area contributed by atoms with Crippen LogP contribution in [0.25, 0.3) is 11.1 Å². The molecule has 0 aliphatic carbocycles. The number of carbonyl (C=O) groups is 1. The molecule has 160 valence electrons. The number of hydrogen-bond donors (Lipinski definition) is 1. The summed E-state index contributed by atoms with van der Waals surface area (Å²) in [5, 5.41) is 6.18. The Labute approximate surface area is 175 Å². The number of amides is 1. The molecule has 2 aromatic carbocycles. The number of rotatable bonds is 6. The van der Waals surface area contributed by atoms with Gasteiger partial charge in [-0.15, -0.1) is 12.3 Å². The standard InChI is InChI=1S/C22H17F4N3O2/c1-3-6-14-11-15(23)9-10-16(14)17-7-4-5-8-19(17)27-21(30)20-18(22(24,25)26)12-29(28-20)13-31-2/h1,4-5,7-12H,6,13H2,2H3,(H,27,30). The van der Waals surface area contributed by atoms with Crippen LogP contribution in [0, 0.1) is 18.2 Å². The van der Waals surface area contributed by atoms with Gasteiger partial charge in [-0.2, -0.15) is 18.3 Å². The number of terminal acetylenes is 1. The Morgan fingerprint density at radius 2 is 1.97 bits per heavy atom. The average molecular weight is 431 g/mol. The van der Waals surface area contributed by atoms with Crippen molar-refractivity contribution < 1.29 is 27.1 Å². The normalized spacial score (nSPS) is 11.2. The first-order chi connectivity index (χ1) is 14.7. The predicted molar refractivity (Wildman–Crippen MR) is 107 cm³/mol. The van der Waals surface area contributed by atoms with E-state index in [2.05, 4.69) is 16.3 Å². The number of halogens is 4. The van der Waals surface area contributed by atoms with Crippen LogP contribution < -0.4 is 5.32 Å². The number of aromatic nitrogens is 2. The number of methoxy groups -OCH3 is 1. The molecule has 0 saturated heterocycles. The van der Waals surface area contributed by atoms with Gasteiger partial charge in [0.05, 0.1) is 0 Å². The number of anilines is 1. The van der Waals surface area contributed by atoms with E-state index in [0.29, 0.717) is 22.9 Å². The van der Waals surface area contributed by atoms with Crippen LogP contribution in [0.3, 0.4) is 0 Å². The van der Waals surface area contributed by atoms with E-state index in [0.717, 1.165) is 4.68 Å². The lowest BCUT2D eigenvalue weighted by atomic mass is 9.96. The van der Waals surface area contributed by atoms with Crippen molar-refractivity contribution in [2.45, 2.75) is 19.3 Å². The van der Waals surface area contributed by atoms with Crippen molar-refractivity contribution in [1.82, 2.24) is 9.78 Å². The zero-order valence-electron chi connectivity index (χ0n) is 16.3. The summed E-state index contributed by atoms with van der Waals surface area (Å²) in [6.45, 7) is -0.252. The molecule has 1 aromatic heterocycles. The number of para-hydroxylation sites is 1. The van der Waals surface area contributed by atoms with Gasteiger partial charge in [-0.25, -0.2) is 9.07 Å². The molecule has 0 bridgehead atoms. The van der Waals surface area contributed by atoms with Gasteiger partial charge in [-0.3, -0.25) is 4.79 Å². The quantitative estimate of drug-likeness (QED) is 0.453. The zero-order valence-corrected chi connectivity index (χ0v) is 16.3. The molecule has 0 fully saturated rings. The highest BCUT2D eigenvalue weighted by atomic mass is 19.4. The van der Waals surface area contributed by atoms with E-state index in [1.54, 1.807) is 18.2 Å². The minimum absolute atomic E-state index is 0.134. The zero-order chi connectivity index (χ0) is 22.6. The fraction of sp³-hybridized carbons (Fsp3) is 0.182. The molecule has 0 aliphatic rings. The van der Waals surface area contributed by atoms with Crippen LogP contribution in [0.5, 0.6) is 0 Å². The van der Waals surface area contributed by atoms with E-state index in [1.165, 1.54) is 31.4 Å². The molecule has 9 heteroatoms. The molecule has 0 atom stereocenters. The summed E-state index contributed by atoms with van der Waals surface area (Å²) in [5.74, 6) is 0.919. The van der Waals surface area contributed by atoms with Crippen LogP contribution in [0.1, 0.15) is 21.6 Å². The minimum atomic E-state index is -4.78. The Morgan fingerprint density at radius 3 is 2.65 bits per heavy atom. The molecule has 0 radical (unpaired) electrons. The van der Waals surface area contributed by atoms with Gasteiger partial charge in [0, 0.05) is 31.0 Å². The second kappa shape index (κ2) is 9.02. The Kier molecular flexibility index (Phi) is 6.42. The Morgan fingerprint density at radius 1 is 1.23 bits per heavy atom. The average Bonchev–Trinajstić information content (AvgIpc) is 3.14. The van der Waals surface area contributed by atoms with Gasteiger partial charge in [-0.05, 0) is 29.3 Å². The molecule has 5 nitrogen and oxygen atoms in total. The van der Waals surface area contributed by atoms with Crippen molar-refractivity contribution in [2.24, 2.45) is 0 Å². The Hall–Kier alpha value is -3.64. The first kappa shape index (κ1) is 22.1. The van der Waals surface area contributed by atoms with Crippen molar-refractivity contribution in [3.05, 3.63) is 71.3 Å². The first-order valence-electron chi connectivity index (χ1n) is 9.00. The smallest absolute Gasteiger partial charge is 0.362 e. The molecule has 0 unspecified atom stereocenters. The summed E-state index contributed by atoms with van der Waals surface area (Å²) in [6, 6.07) is 10.5. The lowest BCUT2D eigenvalue weighted by molar-refractivity contribution is -0.138. The number of benzene rings is 2. The SMILES string of the molecule is C#CCc1cc(F)ccc1-c1ccccc1NC(=O)c1nn(COC)cc1C(F)(F)F. The van der Waals surface area contributed by atoms with E-state index in [4.69, 9.17) is 11.2 Å². The maximum atomic E-state index is 13.7. The van der Waals surface area contributed by atoms with E-state index < -0.39 is 29.2 Å². The third-order valence-corrected chi connectivity index (χ3v) is 4.37. The number of ether oxygens (including phenoxy) is 1. The summed E-state index contributed by atoms with van der Waals surface area (Å²) >= 11 is 0. The lowest BCUT2D eigenvalue weighted by Gasteiger charge is -2.14. The summed E-state index contributed by atoms with van der Waals surface area (Å²) in [5.41, 5.74) is -0.213. The van der Waals surface area contributed by atoms with Crippen LogP contribution >= 0.6 is 0 Å². The van der Waals surface area contributed by atoms with Gasteiger partial charge in [0.25, 0.3) is 5.91 Å². The van der Waals surface area contributed by atoms with Crippen LogP contribution in [-0.4, -0.2) is 22.8 Å². The van der Waals surface area contributed by atoms with Crippen LogP contribution in [-0.2, 0) is 24.1 Å². The molecule has 31 heavy (non-hydrogen) atoms. The maximum Gasteiger partial charge on any atom is 0.420 e. The van der Waals surface area contributed by atoms with E-state index in [1.807, 2.05) is 0 Å². The van der Waals surface area contributed by atoms with E-state index in [-0.39, 0.29) is 18.8 Å². The predicted octanol–water partition coefficient (Wildman–Crippen LogP) is 4.74. The molecule has 0 aliphatic heterocycles. The number of hydrogen-bond acceptors (Lipinski definition) is 3. The lowest BCUT2D eigenvalue weighted by Crippen LogP contribution is -2.18. The maximum absolute atomic E-state index is 13.7. The molecule has 3 rings (SSSR count). The molecule has 0 spiro atoms. The second-order valence-corrected chi connectivity index (χ2v) is 6.53. The number of alkyl halides is 3. The number of nitrogens with one attached hydrogen (secondary N) is 1. The molecular weight excluding hydrogens is 414 g/mol. The second-order valence-electron chi connectivity index (χ2n) is 6.53. The highest BCUT2D eigenvalue weighted by molar-refractivity contribution is 6.06. The van der Waals surface area contributed by atoms with Crippen LogP contribution in [0.15, 0.2) is 48.7 Å². The molecule has 1 heterocycles. The van der Waals surface area contributed by atoms with Gasteiger partial charge >= 0.3 is 6.18 Å². The van der Waals surface area contributed by atoms with Gasteiger partial charge in [0.2, 0.25) is 0 Å². The number of carbonyl (C=O) groups excluding carboxylic acids is 1. The highest BCUT2D eigenvalue weighted by Gasteiger charge is 2.38. The van der Waals surface area contributed by atoms with Gasteiger partial charge in [-0.1, -0.05) is 24.3 Å². The third-order valence-electron chi connectivity index (χ3n) is 4.37. The monoisotopic (exact) mass is 431 g/mol. The van der Waals surface area contributed by atoms with Crippen molar-refractivity contribution in [1.29, 1.82) is 0 Å². The summed E-state index contributed by atoms with van der Waals surface area (Å²) in [6.07, 6.45) is 1.42. The van der Waals surface area contributed by atoms with Crippen molar-refractivity contribution in [3.8, 4) is 23.5 Å². The number of nitrogens with zero attached hydrogens (tertiary/aromatic N) is 2. The molecule has 1 N–H and O–H groups in total. The fourth-order valence-corrected chi connectivity index (χ4v) is 3.08. The van der Waals surface area contributed by atoms with E-state index in [9.17, 15) is 22.4 Å². The van der Waals surface area contributed by atoms with Gasteiger partial charge < -0.3 is 10.1 Å². The third kappa shape index (κ3) is 4.92. The van der Waals surface area contributed by atoms with Crippen molar-refractivity contribution in [3.63, 3.8) is 0 Å². The molecule has 3 aromatic rings. The van der Waals surface area contributed by atoms with Gasteiger partial charge in [0.15, 0.2) is 5.69 Å². The van der Waals surface area contributed by atoms with E-state index >= 15 is 0 Å². The van der Waals surface area contributed by atoms with Crippen LogP contribution in [0.4, 0.5) is 23.2 Å². The summed E-state index contributed by atoms with van der Waals surface area (Å²) in [7, 11) is 1.29. The first-order valence-corrected chi connectivity index (χ1v) is 9.00. The Bertz CT molecular complexity index is 1150. The van der Waals surface area contributed by atoms with Crippen LogP contribution in [0.2, 0.25) is 0 Å². The fourth-order valence-electron chi connectivity index (χ4n) is 3.08. The Balaban J connectivity index is 2.02. The minimum Gasteiger partial charge on any atom is -0.362 e. The molecule has 1 amide bonds. The van der Waals surface area contributed by atoms with Crippen molar-refractivity contribution in [2.75, 3.05) is 12.4 Å². The van der Waals surface area contributed by atoms with Crippen molar-refractivity contribution >= 4 is 11.6 Å². The topological polar surface area (TPSA) is 56.2 Å². The molecule has 0 saturated carbocycles. The van der Waals surface area contributed by atoms with Gasteiger partial charge in [0.1, 0.15) is 18.1 Å².